The van der Waals surface area contributed by atoms with Crippen LogP contribution < -0.4 is 5.32 Å². The molecule has 1 N–H and O–H groups in total. The minimum absolute atomic E-state index is 0.0141. The Labute approximate surface area is 188 Å². The third kappa shape index (κ3) is 5.84. The van der Waals surface area contributed by atoms with Gasteiger partial charge in [0, 0.05) is 44.3 Å². The van der Waals surface area contributed by atoms with E-state index in [1.54, 1.807) is 11.3 Å². The number of nitrogens with one attached hydrogen (secondary N) is 1. The fraction of sp³-hybridized carbons (Fsp3) is 0.727. The van der Waals surface area contributed by atoms with Gasteiger partial charge in [-0.3, -0.25) is 14.1 Å². The van der Waals surface area contributed by atoms with Gasteiger partial charge >= 0.3 is 0 Å². The van der Waals surface area contributed by atoms with E-state index < -0.39 is 0 Å². The number of hydrogen-bond acceptors (Lipinski definition) is 7. The van der Waals surface area contributed by atoms with Crippen molar-refractivity contribution in [2.75, 3.05) is 52.5 Å². The summed E-state index contributed by atoms with van der Waals surface area (Å²) in [6, 6.07) is 0. The highest BCUT2D eigenvalue weighted by atomic mass is 32.1. The Morgan fingerprint density at radius 1 is 1.19 bits per heavy atom. The molecular weight excluding hydrogens is 414 g/mol. The summed E-state index contributed by atoms with van der Waals surface area (Å²) in [7, 11) is 0. The van der Waals surface area contributed by atoms with Crippen molar-refractivity contribution >= 4 is 22.2 Å². The fourth-order valence-electron chi connectivity index (χ4n) is 4.46. The Balaban J connectivity index is 1.28. The number of imidazole rings is 1. The van der Waals surface area contributed by atoms with Crippen LogP contribution in [0.15, 0.2) is 11.6 Å². The molecule has 1 amide bonds. The molecule has 0 unspecified atom stereocenters. The molecule has 2 saturated heterocycles. The topological polar surface area (TPSA) is 71.3 Å². The van der Waals surface area contributed by atoms with Crippen molar-refractivity contribution in [1.29, 1.82) is 0 Å². The van der Waals surface area contributed by atoms with Crippen LogP contribution in [-0.4, -0.2) is 89.8 Å². The van der Waals surface area contributed by atoms with Crippen molar-refractivity contribution in [2.24, 2.45) is 0 Å². The van der Waals surface area contributed by atoms with Crippen LogP contribution in [-0.2, 0) is 16.0 Å². The standard InChI is InChI=1S/C22H35N5O3S/c1-17-15-26(16-18(2)30-17)21(28)20-19(27-10-13-31-22(27)24-20)14-23-6-4-3-5-7-25-8-11-29-12-9-25/h10,13,17-18,23H,3-9,11-12,14-16H2,1-2H3/t17-,18+. The first-order valence-electron chi connectivity index (χ1n) is 11.5. The summed E-state index contributed by atoms with van der Waals surface area (Å²) in [6.45, 7) is 11.9. The molecular formula is C22H35N5O3S. The van der Waals surface area contributed by atoms with Gasteiger partial charge < -0.3 is 19.7 Å². The zero-order chi connectivity index (χ0) is 21.6. The minimum Gasteiger partial charge on any atom is -0.379 e. The molecule has 9 heteroatoms. The highest BCUT2D eigenvalue weighted by Gasteiger charge is 2.30. The number of amides is 1. The Bertz CT molecular complexity index is 837. The highest BCUT2D eigenvalue weighted by molar-refractivity contribution is 7.15. The van der Waals surface area contributed by atoms with Crippen molar-refractivity contribution in [2.45, 2.75) is 51.9 Å². The summed E-state index contributed by atoms with van der Waals surface area (Å²) >= 11 is 1.57. The summed E-state index contributed by atoms with van der Waals surface area (Å²) in [6.07, 6.45) is 5.68. The predicted molar refractivity (Wildman–Crippen MR) is 122 cm³/mol. The molecule has 8 nitrogen and oxygen atoms in total. The van der Waals surface area contributed by atoms with Gasteiger partial charge in [-0.05, 0) is 39.8 Å². The quantitative estimate of drug-likeness (QED) is 0.592. The molecule has 2 aliphatic rings. The number of morpholine rings is 2. The van der Waals surface area contributed by atoms with Crippen LogP contribution in [0.1, 0.15) is 49.3 Å². The minimum atomic E-state index is 0.0141. The van der Waals surface area contributed by atoms with Gasteiger partial charge in [0.15, 0.2) is 10.7 Å². The van der Waals surface area contributed by atoms with Crippen LogP contribution >= 0.6 is 11.3 Å². The van der Waals surface area contributed by atoms with Gasteiger partial charge in [0.1, 0.15) is 0 Å². The highest BCUT2D eigenvalue weighted by Crippen LogP contribution is 2.21. The lowest BCUT2D eigenvalue weighted by molar-refractivity contribution is -0.0587. The molecule has 172 valence electrons. The first kappa shape index (κ1) is 22.7. The van der Waals surface area contributed by atoms with E-state index in [1.165, 1.54) is 12.8 Å². The van der Waals surface area contributed by atoms with Crippen molar-refractivity contribution in [3.63, 3.8) is 0 Å². The van der Waals surface area contributed by atoms with Gasteiger partial charge in [-0.2, -0.15) is 0 Å². The number of aromatic nitrogens is 2. The Hall–Kier alpha value is -1.52. The largest absolute Gasteiger partial charge is 0.379 e. The number of thiazole rings is 1. The average molecular weight is 450 g/mol. The fourth-order valence-corrected chi connectivity index (χ4v) is 5.19. The molecule has 2 aromatic rings. The van der Waals surface area contributed by atoms with Crippen molar-refractivity contribution in [3.8, 4) is 0 Å². The molecule has 31 heavy (non-hydrogen) atoms. The molecule has 2 aromatic heterocycles. The van der Waals surface area contributed by atoms with Crippen molar-refractivity contribution in [3.05, 3.63) is 23.0 Å². The second-order valence-electron chi connectivity index (χ2n) is 8.62. The Morgan fingerprint density at radius 3 is 2.74 bits per heavy atom. The molecule has 4 rings (SSSR count). The second kappa shape index (κ2) is 10.9. The molecule has 0 saturated carbocycles. The molecule has 0 spiro atoms. The van der Waals surface area contributed by atoms with E-state index in [1.807, 2.05) is 30.3 Å². The van der Waals surface area contributed by atoms with Crippen LogP contribution in [0.25, 0.3) is 4.96 Å². The Kier molecular flexibility index (Phi) is 7.95. The summed E-state index contributed by atoms with van der Waals surface area (Å²) in [5.41, 5.74) is 1.54. The van der Waals surface area contributed by atoms with Gasteiger partial charge in [0.05, 0.1) is 31.1 Å². The number of carbonyl (C=O) groups is 1. The van der Waals surface area contributed by atoms with E-state index in [0.717, 1.165) is 56.5 Å². The normalized spacial score (nSPS) is 23.0. The third-order valence-electron chi connectivity index (χ3n) is 5.99. The first-order chi connectivity index (χ1) is 15.1. The van der Waals surface area contributed by atoms with Crippen LogP contribution in [0, 0.1) is 0 Å². The van der Waals surface area contributed by atoms with E-state index in [4.69, 9.17) is 9.47 Å². The third-order valence-corrected chi connectivity index (χ3v) is 6.75. The smallest absolute Gasteiger partial charge is 0.274 e. The molecule has 2 fully saturated rings. The number of carbonyl (C=O) groups excluding carboxylic acids is 1. The molecule has 0 bridgehead atoms. The number of hydrogen-bond donors (Lipinski definition) is 1. The van der Waals surface area contributed by atoms with Crippen LogP contribution in [0.2, 0.25) is 0 Å². The van der Waals surface area contributed by atoms with E-state index in [-0.39, 0.29) is 18.1 Å². The molecule has 2 atom stereocenters. The van der Waals surface area contributed by atoms with Gasteiger partial charge in [0.25, 0.3) is 5.91 Å². The monoisotopic (exact) mass is 449 g/mol. The second-order valence-corrected chi connectivity index (χ2v) is 9.49. The van der Waals surface area contributed by atoms with Crippen LogP contribution in [0.3, 0.4) is 0 Å². The van der Waals surface area contributed by atoms with Crippen molar-refractivity contribution in [1.82, 2.24) is 24.5 Å². The number of ether oxygens (including phenoxy) is 2. The van der Waals surface area contributed by atoms with Gasteiger partial charge in [-0.15, -0.1) is 11.3 Å². The van der Waals surface area contributed by atoms with Gasteiger partial charge in [-0.25, -0.2) is 4.98 Å². The molecule has 0 radical (unpaired) electrons. The number of nitrogens with zero attached hydrogens (tertiary/aromatic N) is 4. The zero-order valence-corrected chi connectivity index (χ0v) is 19.5. The van der Waals surface area contributed by atoms with Crippen LogP contribution in [0.5, 0.6) is 0 Å². The lowest BCUT2D eigenvalue weighted by Crippen LogP contribution is -2.48. The van der Waals surface area contributed by atoms with E-state index in [2.05, 4.69) is 19.6 Å². The van der Waals surface area contributed by atoms with Crippen LogP contribution in [0.4, 0.5) is 0 Å². The Morgan fingerprint density at radius 2 is 1.97 bits per heavy atom. The van der Waals surface area contributed by atoms with E-state index in [9.17, 15) is 4.79 Å². The molecule has 4 heterocycles. The maximum atomic E-state index is 13.3. The zero-order valence-electron chi connectivity index (χ0n) is 18.7. The maximum absolute atomic E-state index is 13.3. The number of unbranched alkanes of at least 4 members (excludes halogenated alkanes) is 2. The summed E-state index contributed by atoms with van der Waals surface area (Å²) in [4.78, 5) is 23.2. The van der Waals surface area contributed by atoms with E-state index in [0.29, 0.717) is 25.3 Å². The molecule has 2 aliphatic heterocycles. The lowest BCUT2D eigenvalue weighted by atomic mass is 10.2. The average Bonchev–Trinajstić information content (AvgIpc) is 3.34. The molecule has 0 aromatic carbocycles. The summed E-state index contributed by atoms with van der Waals surface area (Å²) < 4.78 is 13.2. The number of rotatable bonds is 9. The molecule has 0 aliphatic carbocycles. The lowest BCUT2D eigenvalue weighted by Gasteiger charge is -2.35. The van der Waals surface area contributed by atoms with E-state index >= 15 is 0 Å². The number of fused-ring (bicyclic) bond motifs is 1. The SMILES string of the molecule is C[C@@H]1CN(C(=O)c2nc3sccn3c2CNCCCCCN2CCOCC2)C[C@H](C)O1. The summed E-state index contributed by atoms with van der Waals surface area (Å²) in [5, 5.41) is 5.56. The first-order valence-corrected chi connectivity index (χ1v) is 12.4. The predicted octanol–water partition coefficient (Wildman–Crippen LogP) is 2.24. The van der Waals surface area contributed by atoms with Gasteiger partial charge in [0.2, 0.25) is 0 Å². The van der Waals surface area contributed by atoms with Gasteiger partial charge in [-0.1, -0.05) is 6.42 Å². The van der Waals surface area contributed by atoms with Crippen molar-refractivity contribution < 1.29 is 14.3 Å². The summed E-state index contributed by atoms with van der Waals surface area (Å²) in [5.74, 6) is 0.0141. The maximum Gasteiger partial charge on any atom is 0.274 e.